The number of anilines is 1. The molecular weight excluding hydrogens is 227 g/mol. The molecule has 0 fully saturated rings. The summed E-state index contributed by atoms with van der Waals surface area (Å²) < 4.78 is 16.4. The predicted octanol–water partition coefficient (Wildman–Crippen LogP) is 2.07. The molecule has 3 nitrogen and oxygen atoms in total. The van der Waals surface area contributed by atoms with Crippen LogP contribution < -0.4 is 15.8 Å². The van der Waals surface area contributed by atoms with Gasteiger partial charge in [-0.25, -0.2) is 0 Å². The lowest BCUT2D eigenvalue weighted by Gasteiger charge is -2.03. The first-order chi connectivity index (χ1) is 5.36. The Morgan fingerprint density at radius 2 is 2.17 bits per heavy atom. The molecule has 0 bridgehead atoms. The van der Waals surface area contributed by atoms with Crippen molar-refractivity contribution in [2.24, 2.45) is 0 Å². The van der Waals surface area contributed by atoms with Gasteiger partial charge in [0, 0.05) is 6.07 Å². The number of hydrogen-bond acceptors (Lipinski definition) is 3. The van der Waals surface area contributed by atoms with Gasteiger partial charge in [-0.3, -0.25) is 5.43 Å². The molecule has 0 radical (unpaired) electrons. The zero-order chi connectivity index (χ0) is 8.10. The van der Waals surface area contributed by atoms with Crippen molar-refractivity contribution in [2.45, 2.75) is 0 Å². The van der Waals surface area contributed by atoms with Crippen LogP contribution in [0.3, 0.4) is 0 Å². The van der Waals surface area contributed by atoms with Gasteiger partial charge in [0.05, 0.1) is 12.8 Å². The molecule has 0 amide bonds. The van der Waals surface area contributed by atoms with E-state index in [1.165, 1.54) is 5.65 Å². The van der Waals surface area contributed by atoms with Crippen LogP contribution in [0.2, 0.25) is 0 Å². The van der Waals surface area contributed by atoms with Crippen LogP contribution in [0.15, 0.2) is 24.3 Å². The zero-order valence-corrected chi connectivity index (χ0v) is 8.22. The van der Waals surface area contributed by atoms with Crippen molar-refractivity contribution in [2.75, 3.05) is 12.5 Å². The maximum absolute atomic E-state index is 11.5. The summed E-state index contributed by atoms with van der Waals surface area (Å²) >= 11 is 0. The fraction of sp³-hybridized carbons (Fsp3) is 0.143. The third kappa shape index (κ3) is 3.06. The number of halogens is 2. The van der Waals surface area contributed by atoms with Crippen LogP contribution in [0.5, 0.6) is 5.75 Å². The largest absolute Gasteiger partial charge is 0.497 e. The van der Waals surface area contributed by atoms with E-state index in [1.54, 1.807) is 31.4 Å². The Labute approximate surface area is 80.6 Å². The van der Waals surface area contributed by atoms with Crippen LogP contribution in [0, 0.1) is 0 Å². The number of rotatable bonds is 3. The molecule has 1 rings (SSSR count). The Balaban J connectivity index is 0.00000121. The molecule has 12 heavy (non-hydrogen) atoms. The number of methoxy groups -OCH3 is 1. The van der Waals surface area contributed by atoms with E-state index in [9.17, 15) is 4.48 Å². The number of ether oxygens (including phenoxy) is 1. The van der Waals surface area contributed by atoms with Gasteiger partial charge in [-0.2, -0.15) is 0 Å². The zero-order valence-electron chi connectivity index (χ0n) is 6.50. The van der Waals surface area contributed by atoms with Crippen molar-refractivity contribution < 1.29 is 9.22 Å². The minimum atomic E-state index is 0. The fourth-order valence-corrected chi connectivity index (χ4v) is 0.755. The molecule has 0 unspecified atom stereocenters. The lowest BCUT2D eigenvalue weighted by atomic mass is 10.3. The molecule has 1 aromatic carbocycles. The summed E-state index contributed by atoms with van der Waals surface area (Å²) in [7, 11) is 1.56. The van der Waals surface area contributed by atoms with Gasteiger partial charge >= 0.3 is 0 Å². The van der Waals surface area contributed by atoms with Crippen LogP contribution in [0.25, 0.3) is 0 Å². The monoisotopic (exact) mass is 236 g/mol. The standard InChI is InChI=1S/C7H9FN2O.BrH/c1-11-7-4-2-3-6(5-7)9-10-8;/h2-5,9-10H,1H3;1H. The Kier molecular flexibility index (Phi) is 5.40. The molecule has 0 atom stereocenters. The Hall–Kier alpha value is -0.810. The molecule has 68 valence electrons. The summed E-state index contributed by atoms with van der Waals surface area (Å²) in [5.41, 5.74) is 4.23. The second kappa shape index (κ2) is 5.79. The van der Waals surface area contributed by atoms with Crippen molar-refractivity contribution in [1.29, 1.82) is 0 Å². The van der Waals surface area contributed by atoms with Crippen LogP contribution >= 0.6 is 17.0 Å². The third-order valence-corrected chi connectivity index (χ3v) is 1.26. The molecule has 0 spiro atoms. The van der Waals surface area contributed by atoms with E-state index in [0.29, 0.717) is 11.4 Å². The first kappa shape index (κ1) is 11.2. The van der Waals surface area contributed by atoms with Gasteiger partial charge in [0.15, 0.2) is 0 Å². The summed E-state index contributed by atoms with van der Waals surface area (Å²) in [6, 6.07) is 6.93. The second-order valence-electron chi connectivity index (χ2n) is 1.95. The number of hydrogen-bond donors (Lipinski definition) is 2. The van der Waals surface area contributed by atoms with E-state index >= 15 is 0 Å². The topological polar surface area (TPSA) is 33.3 Å². The Morgan fingerprint density at radius 1 is 1.42 bits per heavy atom. The van der Waals surface area contributed by atoms with Gasteiger partial charge in [0.25, 0.3) is 0 Å². The SMILES string of the molecule is Br.COc1cccc(NNF)c1. The van der Waals surface area contributed by atoms with Crippen LogP contribution in [0.1, 0.15) is 0 Å². The summed E-state index contributed by atoms with van der Waals surface area (Å²) in [5, 5.41) is 0. The van der Waals surface area contributed by atoms with Gasteiger partial charge in [-0.1, -0.05) is 11.7 Å². The van der Waals surface area contributed by atoms with Crippen molar-refractivity contribution in [3.05, 3.63) is 24.3 Å². The number of hydrazine groups is 1. The normalized spacial score (nSPS) is 8.50. The molecule has 0 aliphatic carbocycles. The summed E-state index contributed by atoms with van der Waals surface area (Å²) in [6.45, 7) is 0. The molecule has 0 aliphatic heterocycles. The Morgan fingerprint density at radius 3 is 2.75 bits per heavy atom. The Bertz CT molecular complexity index is 234. The van der Waals surface area contributed by atoms with Gasteiger partial charge in [0.1, 0.15) is 5.75 Å². The summed E-state index contributed by atoms with van der Waals surface area (Å²) in [4.78, 5) is 0. The van der Waals surface area contributed by atoms with Crippen molar-refractivity contribution in [3.8, 4) is 5.75 Å². The van der Waals surface area contributed by atoms with Crippen LogP contribution in [0.4, 0.5) is 10.2 Å². The minimum Gasteiger partial charge on any atom is -0.497 e. The average molecular weight is 237 g/mol. The number of nitrogens with one attached hydrogen (secondary N) is 2. The van der Waals surface area contributed by atoms with Gasteiger partial charge in [-0.15, -0.1) is 21.5 Å². The lowest BCUT2D eigenvalue weighted by molar-refractivity contribution is 0.375. The van der Waals surface area contributed by atoms with E-state index in [-0.39, 0.29) is 17.0 Å². The summed E-state index contributed by atoms with van der Waals surface area (Å²) in [6.07, 6.45) is 0. The van der Waals surface area contributed by atoms with E-state index in [0.717, 1.165) is 0 Å². The number of benzene rings is 1. The lowest BCUT2D eigenvalue weighted by Crippen LogP contribution is -2.09. The van der Waals surface area contributed by atoms with E-state index in [2.05, 4.69) is 5.43 Å². The molecule has 1 aromatic rings. The second-order valence-corrected chi connectivity index (χ2v) is 1.95. The average Bonchev–Trinajstić information content (AvgIpc) is 2.06. The predicted molar refractivity (Wildman–Crippen MR) is 51.2 cm³/mol. The molecule has 0 saturated carbocycles. The highest BCUT2D eigenvalue weighted by atomic mass is 79.9. The molecule has 2 N–H and O–H groups in total. The van der Waals surface area contributed by atoms with E-state index < -0.39 is 0 Å². The first-order valence-corrected chi connectivity index (χ1v) is 3.12. The minimum absolute atomic E-state index is 0. The van der Waals surface area contributed by atoms with Crippen LogP contribution in [-0.4, -0.2) is 7.11 Å². The first-order valence-electron chi connectivity index (χ1n) is 3.12. The fourth-order valence-electron chi connectivity index (χ4n) is 0.755. The molecule has 0 saturated heterocycles. The van der Waals surface area contributed by atoms with Crippen molar-refractivity contribution >= 4 is 22.7 Å². The molecular formula is C7H10BrFN2O. The van der Waals surface area contributed by atoms with Gasteiger partial charge in [0.2, 0.25) is 0 Å². The molecule has 5 heteroatoms. The molecule has 0 aromatic heterocycles. The van der Waals surface area contributed by atoms with E-state index in [1.807, 2.05) is 0 Å². The highest BCUT2D eigenvalue weighted by Gasteiger charge is 1.92. The van der Waals surface area contributed by atoms with Gasteiger partial charge < -0.3 is 4.74 Å². The molecule has 0 heterocycles. The smallest absolute Gasteiger partial charge is 0.120 e. The van der Waals surface area contributed by atoms with Crippen LogP contribution in [-0.2, 0) is 0 Å². The van der Waals surface area contributed by atoms with Gasteiger partial charge in [-0.05, 0) is 12.1 Å². The highest BCUT2D eigenvalue weighted by molar-refractivity contribution is 8.93. The van der Waals surface area contributed by atoms with E-state index in [4.69, 9.17) is 4.74 Å². The maximum atomic E-state index is 11.5. The quantitative estimate of drug-likeness (QED) is 0.623. The van der Waals surface area contributed by atoms with Crippen molar-refractivity contribution in [3.63, 3.8) is 0 Å². The third-order valence-electron chi connectivity index (χ3n) is 1.26. The van der Waals surface area contributed by atoms with Crippen molar-refractivity contribution in [1.82, 2.24) is 5.65 Å². The highest BCUT2D eigenvalue weighted by Crippen LogP contribution is 2.15. The maximum Gasteiger partial charge on any atom is 0.120 e. The summed E-state index contributed by atoms with van der Waals surface area (Å²) in [5.74, 6) is 0.685. The molecule has 0 aliphatic rings.